The van der Waals surface area contributed by atoms with Crippen molar-refractivity contribution in [2.24, 2.45) is 5.92 Å². The third-order valence-corrected chi connectivity index (χ3v) is 4.15. The van der Waals surface area contributed by atoms with Gasteiger partial charge in [-0.05, 0) is 32.1 Å². The number of aryl methyl sites for hydroxylation is 1. The number of aromatic amines is 1. The van der Waals surface area contributed by atoms with E-state index in [1.165, 1.54) is 49.8 Å². The van der Waals surface area contributed by atoms with Crippen LogP contribution in [0, 0.1) is 12.8 Å². The van der Waals surface area contributed by atoms with Gasteiger partial charge in [0, 0.05) is 23.8 Å². The Bertz CT molecular complexity index is 326. The van der Waals surface area contributed by atoms with E-state index >= 15 is 0 Å². The number of hydrogen-bond donors (Lipinski definition) is 2. The van der Waals surface area contributed by atoms with Crippen molar-refractivity contribution in [3.05, 3.63) is 17.5 Å². The van der Waals surface area contributed by atoms with Gasteiger partial charge in [-0.1, -0.05) is 26.2 Å². The van der Waals surface area contributed by atoms with Gasteiger partial charge in [0.1, 0.15) is 0 Å². The summed E-state index contributed by atoms with van der Waals surface area (Å²) >= 11 is 0. The van der Waals surface area contributed by atoms with Gasteiger partial charge in [0.25, 0.3) is 0 Å². The molecule has 1 atom stereocenters. The van der Waals surface area contributed by atoms with Crippen molar-refractivity contribution < 1.29 is 0 Å². The molecule has 1 aliphatic carbocycles. The van der Waals surface area contributed by atoms with Crippen molar-refractivity contribution >= 4 is 0 Å². The maximum atomic E-state index is 4.07. The quantitative estimate of drug-likeness (QED) is 0.823. The van der Waals surface area contributed by atoms with E-state index in [4.69, 9.17) is 0 Å². The van der Waals surface area contributed by atoms with Gasteiger partial charge in [-0.25, -0.2) is 0 Å². The molecule has 17 heavy (non-hydrogen) atoms. The van der Waals surface area contributed by atoms with Gasteiger partial charge >= 0.3 is 0 Å². The number of aromatic nitrogens is 2. The molecule has 1 aliphatic rings. The minimum atomic E-state index is 0.685. The monoisotopic (exact) mass is 235 g/mol. The average Bonchev–Trinajstić information content (AvgIpc) is 2.77. The third kappa shape index (κ3) is 3.32. The summed E-state index contributed by atoms with van der Waals surface area (Å²) in [7, 11) is 0. The van der Waals surface area contributed by atoms with Gasteiger partial charge in [0.2, 0.25) is 0 Å². The van der Waals surface area contributed by atoms with Gasteiger partial charge in [0.05, 0.1) is 6.20 Å². The molecule has 3 nitrogen and oxygen atoms in total. The summed E-state index contributed by atoms with van der Waals surface area (Å²) < 4.78 is 0. The van der Waals surface area contributed by atoms with Gasteiger partial charge in [0.15, 0.2) is 0 Å². The van der Waals surface area contributed by atoms with Crippen LogP contribution in [0.25, 0.3) is 0 Å². The number of nitrogens with zero attached hydrogens (tertiary/aromatic N) is 1. The zero-order valence-corrected chi connectivity index (χ0v) is 11.1. The molecule has 1 saturated carbocycles. The van der Waals surface area contributed by atoms with Crippen LogP contribution < -0.4 is 5.32 Å². The topological polar surface area (TPSA) is 40.7 Å². The number of rotatable bonds is 5. The van der Waals surface area contributed by atoms with Crippen molar-refractivity contribution in [2.45, 2.75) is 65.0 Å². The molecule has 1 fully saturated rings. The van der Waals surface area contributed by atoms with Crippen LogP contribution in [0.2, 0.25) is 0 Å². The number of hydrogen-bond acceptors (Lipinski definition) is 2. The zero-order valence-electron chi connectivity index (χ0n) is 11.1. The van der Waals surface area contributed by atoms with Crippen molar-refractivity contribution in [3.8, 4) is 0 Å². The van der Waals surface area contributed by atoms with Crippen LogP contribution in [-0.2, 0) is 6.54 Å². The third-order valence-electron chi connectivity index (χ3n) is 4.15. The second kappa shape index (κ2) is 6.20. The molecule has 1 unspecified atom stereocenters. The van der Waals surface area contributed by atoms with E-state index < -0.39 is 0 Å². The van der Waals surface area contributed by atoms with Gasteiger partial charge in [-0.2, -0.15) is 5.10 Å². The summed E-state index contributed by atoms with van der Waals surface area (Å²) in [4.78, 5) is 0. The predicted octanol–water partition coefficient (Wildman–Crippen LogP) is 3.17. The maximum Gasteiger partial charge on any atom is 0.0535 e. The molecule has 2 rings (SSSR count). The largest absolute Gasteiger partial charge is 0.310 e. The Labute approximate surface area is 104 Å². The van der Waals surface area contributed by atoms with Gasteiger partial charge in [-0.15, -0.1) is 0 Å². The molecule has 96 valence electrons. The fraction of sp³-hybridized carbons (Fsp3) is 0.786. The van der Waals surface area contributed by atoms with Crippen LogP contribution in [-0.4, -0.2) is 16.2 Å². The lowest BCUT2D eigenvalue weighted by Crippen LogP contribution is -2.36. The molecule has 0 aliphatic heterocycles. The van der Waals surface area contributed by atoms with E-state index in [0.29, 0.717) is 6.04 Å². The van der Waals surface area contributed by atoms with Crippen molar-refractivity contribution in [2.75, 3.05) is 0 Å². The van der Waals surface area contributed by atoms with Crippen molar-refractivity contribution in [1.82, 2.24) is 15.5 Å². The standard InChI is InChI=1S/C14H25N3/c1-3-14(12-7-5-4-6-8-12)15-9-13-10-16-17-11(13)2/h10,12,14-15H,3-9H2,1-2H3,(H,16,17). The van der Waals surface area contributed by atoms with Crippen LogP contribution in [0.3, 0.4) is 0 Å². The molecule has 0 radical (unpaired) electrons. The van der Waals surface area contributed by atoms with Crippen LogP contribution >= 0.6 is 0 Å². The molecular formula is C14H25N3. The SMILES string of the molecule is CCC(NCc1cn[nH]c1C)C1CCCCC1. The molecule has 0 aromatic carbocycles. The molecule has 0 amide bonds. The zero-order chi connectivity index (χ0) is 12.1. The van der Waals surface area contributed by atoms with E-state index in [2.05, 4.69) is 29.4 Å². The highest BCUT2D eigenvalue weighted by Gasteiger charge is 2.21. The molecular weight excluding hydrogens is 210 g/mol. The van der Waals surface area contributed by atoms with E-state index in [9.17, 15) is 0 Å². The first-order chi connectivity index (χ1) is 8.31. The lowest BCUT2D eigenvalue weighted by molar-refractivity contribution is 0.261. The van der Waals surface area contributed by atoms with E-state index in [-0.39, 0.29) is 0 Å². The highest BCUT2D eigenvalue weighted by Crippen LogP contribution is 2.27. The minimum Gasteiger partial charge on any atom is -0.310 e. The fourth-order valence-electron chi connectivity index (χ4n) is 2.98. The second-order valence-corrected chi connectivity index (χ2v) is 5.31. The van der Waals surface area contributed by atoms with Crippen molar-refractivity contribution in [1.29, 1.82) is 0 Å². The first-order valence-corrected chi connectivity index (χ1v) is 7.03. The summed E-state index contributed by atoms with van der Waals surface area (Å²) in [5.74, 6) is 0.890. The normalized spacial score (nSPS) is 19.4. The summed E-state index contributed by atoms with van der Waals surface area (Å²) in [5, 5.41) is 10.8. The lowest BCUT2D eigenvalue weighted by atomic mass is 9.83. The molecule has 1 heterocycles. The fourth-order valence-corrected chi connectivity index (χ4v) is 2.98. The van der Waals surface area contributed by atoms with Crippen LogP contribution in [0.5, 0.6) is 0 Å². The van der Waals surface area contributed by atoms with Crippen molar-refractivity contribution in [3.63, 3.8) is 0 Å². The Kier molecular flexibility index (Phi) is 4.60. The summed E-state index contributed by atoms with van der Waals surface area (Å²) in [6, 6.07) is 0.685. The summed E-state index contributed by atoms with van der Waals surface area (Å²) in [5.41, 5.74) is 2.50. The molecule has 3 heteroatoms. The Morgan fingerprint density at radius 3 is 2.76 bits per heavy atom. The number of H-pyrrole nitrogens is 1. The Hall–Kier alpha value is -0.830. The highest BCUT2D eigenvalue weighted by molar-refractivity contribution is 5.13. The molecule has 0 bridgehead atoms. The van der Waals surface area contributed by atoms with Crippen LogP contribution in [0.4, 0.5) is 0 Å². The average molecular weight is 235 g/mol. The second-order valence-electron chi connectivity index (χ2n) is 5.31. The Morgan fingerprint density at radius 1 is 1.41 bits per heavy atom. The van der Waals surface area contributed by atoms with E-state index in [1.54, 1.807) is 0 Å². The molecule has 2 N–H and O–H groups in total. The first-order valence-electron chi connectivity index (χ1n) is 7.03. The molecule has 0 spiro atoms. The lowest BCUT2D eigenvalue weighted by Gasteiger charge is -2.30. The van der Waals surface area contributed by atoms with Gasteiger partial charge < -0.3 is 5.32 Å². The maximum absolute atomic E-state index is 4.07. The Morgan fingerprint density at radius 2 is 2.18 bits per heavy atom. The van der Waals surface area contributed by atoms with Gasteiger partial charge in [-0.3, -0.25) is 5.10 Å². The summed E-state index contributed by atoms with van der Waals surface area (Å²) in [6.07, 6.45) is 10.3. The van der Waals surface area contributed by atoms with Crippen LogP contribution in [0.1, 0.15) is 56.7 Å². The predicted molar refractivity (Wildman–Crippen MR) is 70.8 cm³/mol. The highest BCUT2D eigenvalue weighted by atomic mass is 15.1. The van der Waals surface area contributed by atoms with E-state index in [0.717, 1.165) is 12.5 Å². The molecule has 1 aromatic rings. The minimum absolute atomic E-state index is 0.685. The smallest absolute Gasteiger partial charge is 0.0535 e. The first kappa shape index (κ1) is 12.6. The molecule has 0 saturated heterocycles. The van der Waals surface area contributed by atoms with E-state index in [1.807, 2.05) is 6.20 Å². The molecule has 1 aromatic heterocycles. The summed E-state index contributed by atoms with van der Waals surface area (Å²) in [6.45, 7) is 5.34. The van der Waals surface area contributed by atoms with Crippen LogP contribution in [0.15, 0.2) is 6.20 Å². The number of nitrogens with one attached hydrogen (secondary N) is 2. The Balaban J connectivity index is 1.84.